The van der Waals surface area contributed by atoms with Crippen LogP contribution in [0.4, 0.5) is 0 Å². The number of nitrogens with zero attached hydrogens (tertiary/aromatic N) is 2. The monoisotopic (exact) mass is 309 g/mol. The number of piperidine rings is 1. The summed E-state index contributed by atoms with van der Waals surface area (Å²) in [7, 11) is 0. The third-order valence-corrected chi connectivity index (χ3v) is 3.98. The molecule has 1 amide bonds. The van der Waals surface area contributed by atoms with E-state index in [1.807, 2.05) is 29.2 Å². The van der Waals surface area contributed by atoms with Gasteiger partial charge in [0.15, 0.2) is 5.58 Å². The summed E-state index contributed by atoms with van der Waals surface area (Å²) in [6.45, 7) is 2.24. The van der Waals surface area contributed by atoms with E-state index in [0.29, 0.717) is 18.9 Å². The van der Waals surface area contributed by atoms with Crippen molar-refractivity contribution in [1.29, 1.82) is 0 Å². The number of amides is 1. The van der Waals surface area contributed by atoms with Gasteiger partial charge in [-0.15, -0.1) is 12.4 Å². The summed E-state index contributed by atoms with van der Waals surface area (Å²) in [5.41, 5.74) is 7.16. The molecule has 2 N–H and O–H groups in total. The van der Waals surface area contributed by atoms with Crippen LogP contribution in [0.2, 0.25) is 0 Å². The molecular weight excluding hydrogens is 290 g/mol. The van der Waals surface area contributed by atoms with Gasteiger partial charge in [-0.25, -0.2) is 0 Å². The average Bonchev–Trinajstić information content (AvgIpc) is 2.90. The van der Waals surface area contributed by atoms with E-state index in [2.05, 4.69) is 5.16 Å². The maximum absolute atomic E-state index is 12.4. The lowest BCUT2D eigenvalue weighted by Crippen LogP contribution is -2.42. The van der Waals surface area contributed by atoms with Gasteiger partial charge in [0.05, 0.1) is 6.42 Å². The van der Waals surface area contributed by atoms with Gasteiger partial charge in [0, 0.05) is 18.5 Å². The lowest BCUT2D eigenvalue weighted by molar-refractivity contribution is -0.132. The Labute approximate surface area is 129 Å². The minimum atomic E-state index is 0. The van der Waals surface area contributed by atoms with Crippen molar-refractivity contribution in [3.05, 3.63) is 30.0 Å². The van der Waals surface area contributed by atoms with Crippen LogP contribution < -0.4 is 5.73 Å². The molecule has 1 aliphatic heterocycles. The molecule has 0 radical (unpaired) electrons. The molecule has 0 saturated carbocycles. The van der Waals surface area contributed by atoms with Gasteiger partial charge >= 0.3 is 0 Å². The topological polar surface area (TPSA) is 72.4 Å². The van der Waals surface area contributed by atoms with Crippen molar-refractivity contribution in [3.63, 3.8) is 0 Å². The van der Waals surface area contributed by atoms with Crippen LogP contribution in [0.5, 0.6) is 0 Å². The molecule has 2 heterocycles. The van der Waals surface area contributed by atoms with Gasteiger partial charge in [0.25, 0.3) is 0 Å². The van der Waals surface area contributed by atoms with Gasteiger partial charge in [-0.3, -0.25) is 4.79 Å². The number of halogens is 1. The van der Waals surface area contributed by atoms with Crippen LogP contribution in [0.1, 0.15) is 18.5 Å². The highest BCUT2D eigenvalue weighted by molar-refractivity contribution is 5.86. The van der Waals surface area contributed by atoms with E-state index in [-0.39, 0.29) is 18.3 Å². The second-order valence-corrected chi connectivity index (χ2v) is 5.39. The predicted octanol–water partition coefficient (Wildman–Crippen LogP) is 1.99. The lowest BCUT2D eigenvalue weighted by atomic mass is 9.98. The fourth-order valence-electron chi connectivity index (χ4n) is 2.80. The number of hydrogen-bond donors (Lipinski definition) is 1. The molecule has 114 valence electrons. The maximum Gasteiger partial charge on any atom is 0.228 e. The molecule has 3 rings (SSSR count). The Balaban J connectivity index is 0.00000161. The molecule has 1 fully saturated rings. The highest BCUT2D eigenvalue weighted by atomic mass is 35.5. The number of para-hydroxylation sites is 1. The second-order valence-electron chi connectivity index (χ2n) is 5.39. The number of benzene rings is 1. The molecule has 0 aliphatic carbocycles. The zero-order valence-corrected chi connectivity index (χ0v) is 12.6. The summed E-state index contributed by atoms with van der Waals surface area (Å²) in [6, 6.07) is 7.63. The molecule has 21 heavy (non-hydrogen) atoms. The number of hydrogen-bond acceptors (Lipinski definition) is 4. The number of aromatic nitrogens is 1. The summed E-state index contributed by atoms with van der Waals surface area (Å²) in [5.74, 6) is 0.545. The number of rotatable bonds is 3. The number of carbonyl (C=O) groups excluding carboxylic acids is 1. The zero-order valence-electron chi connectivity index (χ0n) is 11.8. The van der Waals surface area contributed by atoms with E-state index in [9.17, 15) is 4.79 Å². The fraction of sp³-hybridized carbons (Fsp3) is 0.467. The van der Waals surface area contributed by atoms with Crippen molar-refractivity contribution in [2.45, 2.75) is 19.3 Å². The lowest BCUT2D eigenvalue weighted by Gasteiger charge is -2.32. The predicted molar refractivity (Wildman–Crippen MR) is 83.3 cm³/mol. The summed E-state index contributed by atoms with van der Waals surface area (Å²) in [6.07, 6.45) is 2.45. The third-order valence-electron chi connectivity index (χ3n) is 3.98. The van der Waals surface area contributed by atoms with Crippen molar-refractivity contribution < 1.29 is 9.32 Å². The first-order chi connectivity index (χ1) is 9.78. The van der Waals surface area contributed by atoms with Crippen LogP contribution in [0.25, 0.3) is 11.0 Å². The Hall–Kier alpha value is -1.59. The van der Waals surface area contributed by atoms with E-state index in [4.69, 9.17) is 10.3 Å². The van der Waals surface area contributed by atoms with Crippen molar-refractivity contribution >= 4 is 29.3 Å². The molecule has 2 aromatic rings. The maximum atomic E-state index is 12.4. The second kappa shape index (κ2) is 6.91. The Morgan fingerprint density at radius 1 is 1.43 bits per heavy atom. The van der Waals surface area contributed by atoms with E-state index >= 15 is 0 Å². The number of fused-ring (bicyclic) bond motifs is 1. The van der Waals surface area contributed by atoms with E-state index < -0.39 is 0 Å². The van der Waals surface area contributed by atoms with Crippen molar-refractivity contribution in [2.75, 3.05) is 19.6 Å². The first kappa shape index (κ1) is 15.8. The smallest absolute Gasteiger partial charge is 0.228 e. The zero-order chi connectivity index (χ0) is 13.9. The molecule has 0 bridgehead atoms. The Bertz CT molecular complexity index is 614. The molecule has 1 aromatic heterocycles. The molecule has 6 heteroatoms. The summed E-state index contributed by atoms with van der Waals surface area (Å²) in [4.78, 5) is 14.3. The number of nitrogens with two attached hydrogens (primary N) is 1. The summed E-state index contributed by atoms with van der Waals surface area (Å²) in [5, 5.41) is 4.95. The molecule has 1 atom stereocenters. The highest BCUT2D eigenvalue weighted by Crippen LogP contribution is 2.20. The van der Waals surface area contributed by atoms with Crippen LogP contribution in [0.15, 0.2) is 28.8 Å². The number of carbonyl (C=O) groups is 1. The molecule has 5 nitrogen and oxygen atoms in total. The SMILES string of the molecule is Cl.NCC1CCCN(C(=O)Cc2noc3ccccc23)C1. The summed E-state index contributed by atoms with van der Waals surface area (Å²) < 4.78 is 5.24. The summed E-state index contributed by atoms with van der Waals surface area (Å²) >= 11 is 0. The highest BCUT2D eigenvalue weighted by Gasteiger charge is 2.24. The third kappa shape index (κ3) is 3.36. The van der Waals surface area contributed by atoms with Gasteiger partial charge < -0.3 is 15.2 Å². The average molecular weight is 310 g/mol. The van der Waals surface area contributed by atoms with Crippen LogP contribution >= 0.6 is 12.4 Å². The minimum Gasteiger partial charge on any atom is -0.356 e. The van der Waals surface area contributed by atoms with E-state index in [0.717, 1.165) is 42.6 Å². The quantitative estimate of drug-likeness (QED) is 0.941. The van der Waals surface area contributed by atoms with E-state index in [1.54, 1.807) is 0 Å². The Morgan fingerprint density at radius 3 is 3.05 bits per heavy atom. The van der Waals surface area contributed by atoms with Crippen molar-refractivity contribution in [1.82, 2.24) is 10.1 Å². The molecule has 1 unspecified atom stereocenters. The van der Waals surface area contributed by atoms with E-state index in [1.165, 1.54) is 0 Å². The normalized spacial score (nSPS) is 18.5. The molecule has 1 aliphatic rings. The Morgan fingerprint density at radius 2 is 2.24 bits per heavy atom. The van der Waals surface area contributed by atoms with Gasteiger partial charge in [-0.1, -0.05) is 17.3 Å². The van der Waals surface area contributed by atoms with Gasteiger partial charge in [0.2, 0.25) is 5.91 Å². The minimum absolute atomic E-state index is 0. The molecule has 1 saturated heterocycles. The number of likely N-dealkylation sites (tertiary alicyclic amines) is 1. The standard InChI is InChI=1S/C15H19N3O2.ClH/c16-9-11-4-3-7-18(10-11)15(19)8-13-12-5-1-2-6-14(12)20-17-13;/h1-2,5-6,11H,3-4,7-10,16H2;1H. The molecule has 0 spiro atoms. The van der Waals surface area contributed by atoms with Gasteiger partial charge in [-0.2, -0.15) is 0 Å². The first-order valence-corrected chi connectivity index (χ1v) is 7.09. The molecule has 1 aromatic carbocycles. The first-order valence-electron chi connectivity index (χ1n) is 7.09. The largest absolute Gasteiger partial charge is 0.356 e. The van der Waals surface area contributed by atoms with Gasteiger partial charge in [-0.05, 0) is 37.4 Å². The van der Waals surface area contributed by atoms with Crippen LogP contribution in [0, 0.1) is 5.92 Å². The van der Waals surface area contributed by atoms with Crippen molar-refractivity contribution in [3.8, 4) is 0 Å². The van der Waals surface area contributed by atoms with Crippen molar-refractivity contribution in [2.24, 2.45) is 11.7 Å². The fourth-order valence-corrected chi connectivity index (χ4v) is 2.80. The van der Waals surface area contributed by atoms with Crippen LogP contribution in [-0.2, 0) is 11.2 Å². The van der Waals surface area contributed by atoms with Gasteiger partial charge in [0.1, 0.15) is 5.69 Å². The van der Waals surface area contributed by atoms with Crippen LogP contribution in [0.3, 0.4) is 0 Å². The Kier molecular flexibility index (Phi) is 5.20. The van der Waals surface area contributed by atoms with Crippen LogP contribution in [-0.4, -0.2) is 35.6 Å². The molecular formula is C15H20ClN3O2.